The Morgan fingerprint density at radius 1 is 1.14 bits per heavy atom. The van der Waals surface area contributed by atoms with Crippen molar-refractivity contribution in [2.45, 2.75) is 82.0 Å². The Bertz CT molecular complexity index is 1440. The standard InChI is InChI=1S/C32H39BrFN3O5Si/c1-20-30(43(2,3)34)27(17-29(40)36-14-4-6-24(36)19-38)42-32(20)25-16-22(33)10-13-26(25)37(31(32)41)18-21-8-11-23(12-9-21)35-15-5-7-28(35)39/h8-13,16,20,24,27,30,38H,4-7,14-15,17-19H2,1-3H3/t20-,24+,27+,30-,32+/m1/s1. The van der Waals surface area contributed by atoms with Gasteiger partial charge in [-0.1, -0.05) is 35.0 Å². The van der Waals surface area contributed by atoms with E-state index in [0.717, 1.165) is 35.0 Å². The predicted molar refractivity (Wildman–Crippen MR) is 168 cm³/mol. The molecule has 0 aliphatic carbocycles. The lowest BCUT2D eigenvalue weighted by Crippen LogP contribution is -2.45. The van der Waals surface area contributed by atoms with Crippen molar-refractivity contribution >= 4 is 53.4 Å². The second-order valence-electron chi connectivity index (χ2n) is 12.9. The number of fused-ring (bicyclic) bond motifs is 2. The maximum absolute atomic E-state index is 16.2. The Hall–Kier alpha value is -2.60. The van der Waals surface area contributed by atoms with Crippen LogP contribution in [0.4, 0.5) is 15.5 Å². The Labute approximate surface area is 261 Å². The fraction of sp³-hybridized carbons (Fsp3) is 0.531. The van der Waals surface area contributed by atoms with Gasteiger partial charge in [0.25, 0.3) is 5.91 Å². The van der Waals surface area contributed by atoms with Gasteiger partial charge in [-0.2, -0.15) is 0 Å². The van der Waals surface area contributed by atoms with E-state index >= 15 is 4.11 Å². The third kappa shape index (κ3) is 5.15. The third-order valence-electron chi connectivity index (χ3n) is 9.87. The molecule has 1 N–H and O–H groups in total. The minimum Gasteiger partial charge on any atom is -0.394 e. The number of nitrogens with zero attached hydrogens (tertiary/aromatic N) is 3. The average Bonchev–Trinajstić information content (AvgIpc) is 3.72. The summed E-state index contributed by atoms with van der Waals surface area (Å²) in [4.78, 5) is 45.5. The fourth-order valence-corrected chi connectivity index (χ4v) is 10.8. The monoisotopic (exact) mass is 671 g/mol. The van der Waals surface area contributed by atoms with Gasteiger partial charge in [-0.05, 0) is 68.3 Å². The molecule has 0 saturated carbocycles. The molecule has 2 aromatic carbocycles. The number of benzene rings is 2. The van der Waals surface area contributed by atoms with Crippen LogP contribution >= 0.6 is 15.9 Å². The van der Waals surface area contributed by atoms with Gasteiger partial charge < -0.3 is 28.7 Å². The average molecular weight is 673 g/mol. The number of carbonyl (C=O) groups is 3. The largest absolute Gasteiger partial charge is 0.394 e. The quantitative estimate of drug-likeness (QED) is 0.320. The second-order valence-corrected chi connectivity index (χ2v) is 17.6. The first-order chi connectivity index (χ1) is 20.5. The minimum absolute atomic E-state index is 0.0269. The molecular formula is C32H39BrFN3O5Si. The minimum atomic E-state index is -3.42. The van der Waals surface area contributed by atoms with Crippen LogP contribution in [0.25, 0.3) is 0 Å². The molecule has 11 heteroatoms. The number of hydrogen-bond acceptors (Lipinski definition) is 5. The Morgan fingerprint density at radius 3 is 2.53 bits per heavy atom. The number of aliphatic hydroxyl groups excluding tert-OH is 1. The number of anilines is 2. The molecule has 3 amide bonds. The second kappa shape index (κ2) is 11.4. The number of carbonyl (C=O) groups excluding carboxylic acids is 3. The molecule has 3 saturated heterocycles. The van der Waals surface area contributed by atoms with Crippen LogP contribution < -0.4 is 9.80 Å². The van der Waals surface area contributed by atoms with E-state index in [-0.39, 0.29) is 43.3 Å². The first-order valence-corrected chi connectivity index (χ1v) is 19.0. The van der Waals surface area contributed by atoms with Crippen molar-refractivity contribution in [3.05, 3.63) is 58.1 Å². The highest BCUT2D eigenvalue weighted by molar-refractivity contribution is 9.10. The normalized spacial score (nSPS) is 28.9. The van der Waals surface area contributed by atoms with E-state index in [1.54, 1.807) is 27.8 Å². The predicted octanol–water partition coefficient (Wildman–Crippen LogP) is 5.27. The van der Waals surface area contributed by atoms with Gasteiger partial charge in [0.1, 0.15) is 0 Å². The van der Waals surface area contributed by atoms with E-state index < -0.39 is 31.6 Å². The summed E-state index contributed by atoms with van der Waals surface area (Å²) in [5.41, 5.74) is 1.13. The molecule has 0 aromatic heterocycles. The highest BCUT2D eigenvalue weighted by Crippen LogP contribution is 2.60. The first-order valence-electron chi connectivity index (χ1n) is 15.2. The topological polar surface area (TPSA) is 90.4 Å². The molecule has 1 spiro atoms. The van der Waals surface area contributed by atoms with Gasteiger partial charge >= 0.3 is 0 Å². The molecule has 0 bridgehead atoms. The Morgan fingerprint density at radius 2 is 1.88 bits per heavy atom. The van der Waals surface area contributed by atoms with E-state index in [1.165, 1.54) is 0 Å². The lowest BCUT2D eigenvalue weighted by atomic mass is 9.82. The van der Waals surface area contributed by atoms with Crippen molar-refractivity contribution in [2.24, 2.45) is 5.92 Å². The number of likely N-dealkylation sites (tertiary alicyclic amines) is 1. The summed E-state index contributed by atoms with van der Waals surface area (Å²) in [6, 6.07) is 13.1. The van der Waals surface area contributed by atoms with Crippen molar-refractivity contribution in [1.29, 1.82) is 0 Å². The highest BCUT2D eigenvalue weighted by atomic mass is 79.9. The third-order valence-corrected chi connectivity index (χ3v) is 12.8. The summed E-state index contributed by atoms with van der Waals surface area (Å²) in [6.45, 7) is 6.61. The van der Waals surface area contributed by atoms with Crippen molar-refractivity contribution in [3.8, 4) is 0 Å². The molecule has 2 aromatic rings. The van der Waals surface area contributed by atoms with Crippen LogP contribution in [0.15, 0.2) is 46.9 Å². The molecule has 6 rings (SSSR count). The van der Waals surface area contributed by atoms with Crippen LogP contribution in [0.2, 0.25) is 18.6 Å². The number of halogens is 2. The van der Waals surface area contributed by atoms with Crippen LogP contribution in [-0.4, -0.2) is 68.0 Å². The van der Waals surface area contributed by atoms with Crippen LogP contribution in [0.3, 0.4) is 0 Å². The molecule has 4 heterocycles. The van der Waals surface area contributed by atoms with Crippen molar-refractivity contribution in [3.63, 3.8) is 0 Å². The zero-order chi connectivity index (χ0) is 30.7. The smallest absolute Gasteiger partial charge is 0.264 e. The Balaban J connectivity index is 1.32. The van der Waals surface area contributed by atoms with Gasteiger partial charge in [0.2, 0.25) is 20.2 Å². The number of ether oxygens (including phenoxy) is 1. The molecule has 0 radical (unpaired) electrons. The SMILES string of the molecule is C[C@@H]1[C@@H]([Si](C)(C)F)[C@H](CC(=O)N2CCC[C@H]2CO)O[C@@]12C(=O)N(Cc1ccc(N3CCCC3=O)cc1)c1ccc(Br)cc12. The fourth-order valence-electron chi connectivity index (χ4n) is 7.90. The van der Waals surface area contributed by atoms with Gasteiger partial charge in [-0.3, -0.25) is 14.4 Å². The Kier molecular flexibility index (Phi) is 8.06. The maximum atomic E-state index is 16.2. The molecule has 4 aliphatic rings. The van der Waals surface area contributed by atoms with Crippen molar-refractivity contribution in [1.82, 2.24) is 4.90 Å². The van der Waals surface area contributed by atoms with Gasteiger partial charge in [0.05, 0.1) is 37.4 Å². The van der Waals surface area contributed by atoms with Crippen LogP contribution in [-0.2, 0) is 31.3 Å². The summed E-state index contributed by atoms with van der Waals surface area (Å²) < 4.78 is 23.7. The molecule has 5 atom stereocenters. The van der Waals surface area contributed by atoms with Crippen molar-refractivity contribution < 1.29 is 28.3 Å². The lowest BCUT2D eigenvalue weighted by Gasteiger charge is -2.31. The van der Waals surface area contributed by atoms with E-state index in [4.69, 9.17) is 4.74 Å². The van der Waals surface area contributed by atoms with Gasteiger partial charge in [0.15, 0.2) is 5.60 Å². The maximum Gasteiger partial charge on any atom is 0.264 e. The number of amides is 3. The summed E-state index contributed by atoms with van der Waals surface area (Å²) in [7, 11) is -3.42. The summed E-state index contributed by atoms with van der Waals surface area (Å²) in [6.07, 6.45) is 2.18. The molecule has 8 nitrogen and oxygen atoms in total. The zero-order valence-electron chi connectivity index (χ0n) is 24.9. The van der Waals surface area contributed by atoms with Gasteiger partial charge in [-0.25, -0.2) is 0 Å². The molecule has 4 aliphatic heterocycles. The lowest BCUT2D eigenvalue weighted by molar-refractivity contribution is -0.150. The van der Waals surface area contributed by atoms with E-state index in [0.29, 0.717) is 30.8 Å². The van der Waals surface area contributed by atoms with Crippen molar-refractivity contribution in [2.75, 3.05) is 29.5 Å². The summed E-state index contributed by atoms with van der Waals surface area (Å²) in [5.74, 6) is -0.796. The summed E-state index contributed by atoms with van der Waals surface area (Å²) >= 11 is 3.57. The molecule has 0 unspecified atom stereocenters. The molecule has 230 valence electrons. The number of hydrogen-bond donors (Lipinski definition) is 1. The van der Waals surface area contributed by atoms with Gasteiger partial charge in [0, 0.05) is 46.7 Å². The van der Waals surface area contributed by atoms with Crippen LogP contribution in [0.5, 0.6) is 0 Å². The van der Waals surface area contributed by atoms with E-state index in [9.17, 15) is 19.5 Å². The van der Waals surface area contributed by atoms with Gasteiger partial charge in [-0.15, -0.1) is 0 Å². The first kappa shape index (κ1) is 30.4. The van der Waals surface area contributed by atoms with Crippen LogP contribution in [0, 0.1) is 5.92 Å². The molecule has 3 fully saturated rings. The number of rotatable bonds is 7. The number of aliphatic hydroxyl groups is 1. The molecular weight excluding hydrogens is 633 g/mol. The molecule has 43 heavy (non-hydrogen) atoms. The zero-order valence-corrected chi connectivity index (χ0v) is 27.5. The van der Waals surface area contributed by atoms with Crippen LogP contribution in [0.1, 0.15) is 50.2 Å². The summed E-state index contributed by atoms with van der Waals surface area (Å²) in [5, 5.41) is 9.79. The highest BCUT2D eigenvalue weighted by Gasteiger charge is 2.67. The van der Waals surface area contributed by atoms with E-state index in [2.05, 4.69) is 15.9 Å². The van der Waals surface area contributed by atoms with E-state index in [1.807, 2.05) is 49.4 Å².